The zero-order chi connectivity index (χ0) is 25.0. The molecule has 2 aromatic carbocycles. The molecule has 1 heterocycles. The topological polar surface area (TPSA) is 82.6 Å². The third-order valence-electron chi connectivity index (χ3n) is 6.08. The highest BCUT2D eigenvalue weighted by Gasteiger charge is 2.34. The third-order valence-corrected chi connectivity index (χ3v) is 6.08. The quantitative estimate of drug-likeness (QED) is 0.652. The average molecular weight is 470 g/mol. The van der Waals surface area contributed by atoms with Crippen LogP contribution in [0.3, 0.4) is 0 Å². The zero-order valence-corrected chi connectivity index (χ0v) is 20.9. The molecule has 2 aromatic rings. The summed E-state index contributed by atoms with van der Waals surface area (Å²) in [5.41, 5.74) is 5.73. The summed E-state index contributed by atoms with van der Waals surface area (Å²) in [5.74, 6) is -0.0522. The predicted octanol–water partition coefficient (Wildman–Crippen LogP) is 3.56. The van der Waals surface area contributed by atoms with Crippen molar-refractivity contribution in [2.24, 2.45) is 0 Å². The number of carbonyl (C=O) groups is 2. The average Bonchev–Trinajstić information content (AvgIpc) is 2.78. The molecule has 0 aliphatic carbocycles. The number of ether oxygens (including phenoxy) is 2. The number of hydrogen-bond donors (Lipinski definition) is 1. The number of nitrogens with zero attached hydrogens (tertiary/aromatic N) is 3. The van der Waals surface area contributed by atoms with Gasteiger partial charge in [-0.15, -0.1) is 0 Å². The molecule has 0 aromatic heterocycles. The standard InChI is InChI=1S/C26H35N3O5/c1-7-34-25(31)16-29(22-13-19(4)20(5)14-23(22)33-6)26(32)28-9-8-27(15-24(28)30)21-11-17(2)10-18(3)12-21/h10-14,24,30H,7-9,15-16H2,1-6H3. The monoisotopic (exact) mass is 469 g/mol. The first kappa shape index (κ1) is 25.4. The van der Waals surface area contributed by atoms with Gasteiger partial charge in [0.05, 0.1) is 25.9 Å². The van der Waals surface area contributed by atoms with Gasteiger partial charge in [0, 0.05) is 18.8 Å². The molecule has 1 aliphatic heterocycles. The molecule has 0 spiro atoms. The number of rotatable bonds is 6. The van der Waals surface area contributed by atoms with Gasteiger partial charge in [0.2, 0.25) is 0 Å². The Labute approximate surface area is 201 Å². The normalized spacial score (nSPS) is 15.8. The van der Waals surface area contributed by atoms with E-state index in [0.29, 0.717) is 24.5 Å². The third kappa shape index (κ3) is 5.62. The molecule has 1 saturated heterocycles. The summed E-state index contributed by atoms with van der Waals surface area (Å²) in [5, 5.41) is 11.0. The van der Waals surface area contributed by atoms with E-state index >= 15 is 0 Å². The van der Waals surface area contributed by atoms with Crippen LogP contribution in [0.15, 0.2) is 30.3 Å². The zero-order valence-electron chi connectivity index (χ0n) is 20.9. The molecule has 3 rings (SSSR count). The molecule has 1 unspecified atom stereocenters. The van der Waals surface area contributed by atoms with Crippen LogP contribution in [0.5, 0.6) is 5.75 Å². The van der Waals surface area contributed by atoms with E-state index in [1.165, 1.54) is 16.9 Å². The van der Waals surface area contributed by atoms with Crippen molar-refractivity contribution in [2.75, 3.05) is 49.7 Å². The Bertz CT molecular complexity index is 1030. The Kier molecular flexibility index (Phi) is 8.04. The van der Waals surface area contributed by atoms with Crippen LogP contribution in [0.4, 0.5) is 16.2 Å². The number of methoxy groups -OCH3 is 1. The van der Waals surface area contributed by atoms with Gasteiger partial charge >= 0.3 is 12.0 Å². The molecule has 1 atom stereocenters. The van der Waals surface area contributed by atoms with Gasteiger partial charge in [0.15, 0.2) is 0 Å². The molecule has 8 nitrogen and oxygen atoms in total. The number of carbonyl (C=O) groups excluding carboxylic acids is 2. The van der Waals surface area contributed by atoms with Crippen molar-refractivity contribution in [1.82, 2.24) is 4.90 Å². The van der Waals surface area contributed by atoms with Gasteiger partial charge in [-0.25, -0.2) is 4.79 Å². The summed E-state index contributed by atoms with van der Waals surface area (Å²) in [6.45, 7) is 10.7. The van der Waals surface area contributed by atoms with Crippen molar-refractivity contribution in [3.8, 4) is 5.75 Å². The lowest BCUT2D eigenvalue weighted by molar-refractivity contribution is -0.141. The Morgan fingerprint density at radius 3 is 2.26 bits per heavy atom. The van der Waals surface area contributed by atoms with Gasteiger partial charge in [-0.05, 0) is 81.1 Å². The van der Waals surface area contributed by atoms with Crippen molar-refractivity contribution in [3.63, 3.8) is 0 Å². The minimum Gasteiger partial charge on any atom is -0.495 e. The highest BCUT2D eigenvalue weighted by molar-refractivity contribution is 5.98. The highest BCUT2D eigenvalue weighted by Crippen LogP contribution is 2.33. The molecule has 0 saturated carbocycles. The van der Waals surface area contributed by atoms with Crippen LogP contribution in [0, 0.1) is 27.7 Å². The fraction of sp³-hybridized carbons (Fsp3) is 0.462. The number of β-amino-alcohol motifs (C(OH)–C–C–N with tert-alkyl or cyclic N) is 1. The van der Waals surface area contributed by atoms with Crippen LogP contribution in [-0.4, -0.2) is 68.1 Å². The molecular formula is C26H35N3O5. The van der Waals surface area contributed by atoms with Gasteiger partial charge in [-0.3, -0.25) is 14.6 Å². The molecular weight excluding hydrogens is 434 g/mol. The Morgan fingerprint density at radius 2 is 1.68 bits per heavy atom. The van der Waals surface area contributed by atoms with Crippen LogP contribution < -0.4 is 14.5 Å². The molecule has 34 heavy (non-hydrogen) atoms. The minimum atomic E-state index is -1.04. The van der Waals surface area contributed by atoms with E-state index in [1.807, 2.05) is 39.8 Å². The molecule has 1 N–H and O–H groups in total. The number of urea groups is 1. The van der Waals surface area contributed by atoms with Crippen molar-refractivity contribution < 1.29 is 24.2 Å². The van der Waals surface area contributed by atoms with E-state index in [2.05, 4.69) is 23.1 Å². The lowest BCUT2D eigenvalue weighted by Gasteiger charge is -2.41. The van der Waals surface area contributed by atoms with Crippen LogP contribution >= 0.6 is 0 Å². The number of anilines is 2. The Balaban J connectivity index is 1.88. The minimum absolute atomic E-state index is 0.210. The number of aryl methyl sites for hydroxylation is 4. The van der Waals surface area contributed by atoms with Crippen LogP contribution in [0.1, 0.15) is 29.2 Å². The first-order valence-electron chi connectivity index (χ1n) is 11.5. The number of aliphatic hydroxyl groups is 1. The SMILES string of the molecule is CCOC(=O)CN(C(=O)N1CCN(c2cc(C)cc(C)c2)CC1O)c1cc(C)c(C)cc1OC. The molecule has 0 radical (unpaired) electrons. The van der Waals surface area contributed by atoms with Crippen molar-refractivity contribution in [3.05, 3.63) is 52.6 Å². The maximum Gasteiger partial charge on any atom is 0.327 e. The van der Waals surface area contributed by atoms with Crippen LogP contribution in [0.2, 0.25) is 0 Å². The molecule has 2 amide bonds. The number of amides is 2. The summed E-state index contributed by atoms with van der Waals surface area (Å²) >= 11 is 0. The van der Waals surface area contributed by atoms with Gasteiger partial charge in [-0.2, -0.15) is 0 Å². The van der Waals surface area contributed by atoms with Gasteiger partial charge in [0.25, 0.3) is 0 Å². The molecule has 8 heteroatoms. The fourth-order valence-electron chi connectivity index (χ4n) is 4.25. The smallest absolute Gasteiger partial charge is 0.327 e. The molecule has 1 aliphatic rings. The summed E-state index contributed by atoms with van der Waals surface area (Å²) in [6, 6.07) is 9.44. The second-order valence-electron chi connectivity index (χ2n) is 8.75. The largest absolute Gasteiger partial charge is 0.495 e. The Hall–Kier alpha value is -3.26. The lowest BCUT2D eigenvalue weighted by atomic mass is 10.1. The van der Waals surface area contributed by atoms with E-state index in [9.17, 15) is 14.7 Å². The van der Waals surface area contributed by atoms with Gasteiger partial charge in [-0.1, -0.05) is 6.07 Å². The Morgan fingerprint density at radius 1 is 1.03 bits per heavy atom. The van der Waals surface area contributed by atoms with Crippen molar-refractivity contribution in [1.29, 1.82) is 0 Å². The number of aliphatic hydroxyl groups excluding tert-OH is 1. The molecule has 1 fully saturated rings. The van der Waals surface area contributed by atoms with Gasteiger partial charge < -0.3 is 19.5 Å². The second-order valence-corrected chi connectivity index (χ2v) is 8.75. The maximum absolute atomic E-state index is 13.7. The van der Waals surface area contributed by atoms with E-state index < -0.39 is 18.2 Å². The number of piperazine rings is 1. The molecule has 184 valence electrons. The summed E-state index contributed by atoms with van der Waals surface area (Å²) < 4.78 is 10.7. The fourth-order valence-corrected chi connectivity index (χ4v) is 4.25. The van der Waals surface area contributed by atoms with Gasteiger partial charge in [0.1, 0.15) is 18.5 Å². The van der Waals surface area contributed by atoms with Crippen LogP contribution in [0.25, 0.3) is 0 Å². The van der Waals surface area contributed by atoms with E-state index in [4.69, 9.17) is 9.47 Å². The summed E-state index contributed by atoms with van der Waals surface area (Å²) in [7, 11) is 1.53. The lowest BCUT2D eigenvalue weighted by Crippen LogP contribution is -2.59. The van der Waals surface area contributed by atoms with Crippen LogP contribution in [-0.2, 0) is 9.53 Å². The summed E-state index contributed by atoms with van der Waals surface area (Å²) in [6.07, 6.45) is -1.04. The number of benzene rings is 2. The van der Waals surface area contributed by atoms with Crippen molar-refractivity contribution in [2.45, 2.75) is 40.8 Å². The maximum atomic E-state index is 13.7. The first-order valence-corrected chi connectivity index (χ1v) is 11.5. The van der Waals surface area contributed by atoms with Crippen molar-refractivity contribution >= 4 is 23.4 Å². The molecule has 0 bridgehead atoms. The van der Waals surface area contributed by atoms with E-state index in [1.54, 1.807) is 6.92 Å². The van der Waals surface area contributed by atoms with E-state index in [0.717, 1.165) is 27.9 Å². The highest BCUT2D eigenvalue weighted by atomic mass is 16.5. The summed E-state index contributed by atoms with van der Waals surface area (Å²) in [4.78, 5) is 30.9. The van der Waals surface area contributed by atoms with E-state index in [-0.39, 0.29) is 19.7 Å². The number of esters is 1. The number of hydrogen-bond acceptors (Lipinski definition) is 6. The second kappa shape index (κ2) is 10.8. The predicted molar refractivity (Wildman–Crippen MR) is 133 cm³/mol. The first-order chi connectivity index (χ1) is 16.1.